The number of aliphatic hydroxyl groups excluding tert-OH is 1. The van der Waals surface area contributed by atoms with E-state index in [4.69, 9.17) is 16.9 Å². The molecule has 0 saturated heterocycles. The molecule has 140 valence electrons. The van der Waals surface area contributed by atoms with Crippen LogP contribution in [0.25, 0.3) is 10.8 Å². The fourth-order valence-electron chi connectivity index (χ4n) is 2.82. The van der Waals surface area contributed by atoms with Crippen molar-refractivity contribution < 1.29 is 14.7 Å². The zero-order valence-electron chi connectivity index (χ0n) is 14.6. The first-order chi connectivity index (χ1) is 13.5. The van der Waals surface area contributed by atoms with E-state index in [1.165, 1.54) is 18.2 Å². The van der Waals surface area contributed by atoms with Crippen LogP contribution in [0.2, 0.25) is 5.02 Å². The van der Waals surface area contributed by atoms with Gasteiger partial charge < -0.3 is 15.7 Å². The molecule has 3 aromatic carbocycles. The summed E-state index contributed by atoms with van der Waals surface area (Å²) in [6.07, 6.45) is -0.983. The number of benzene rings is 3. The molecular weight excluding hydrogens is 378 g/mol. The quantitative estimate of drug-likeness (QED) is 0.592. The van der Waals surface area contributed by atoms with Crippen molar-refractivity contribution in [2.45, 2.75) is 6.10 Å². The van der Waals surface area contributed by atoms with Crippen molar-refractivity contribution in [2.75, 3.05) is 11.9 Å². The fourth-order valence-corrected chi connectivity index (χ4v) is 2.99. The van der Waals surface area contributed by atoms with Crippen molar-refractivity contribution in [3.8, 4) is 6.07 Å². The van der Waals surface area contributed by atoms with Crippen molar-refractivity contribution in [1.82, 2.24) is 5.32 Å². The lowest BCUT2D eigenvalue weighted by Crippen LogP contribution is -2.37. The topological polar surface area (TPSA) is 102 Å². The Morgan fingerprint density at radius 2 is 1.82 bits per heavy atom. The number of nitriles is 1. The summed E-state index contributed by atoms with van der Waals surface area (Å²) < 4.78 is 0. The zero-order valence-corrected chi connectivity index (χ0v) is 15.4. The minimum atomic E-state index is -0.983. The fraction of sp³-hybridized carbons (Fsp3) is 0.0952. The summed E-state index contributed by atoms with van der Waals surface area (Å²) in [6.45, 7) is -0.138. The normalized spacial score (nSPS) is 11.5. The Bertz CT molecular complexity index is 1090. The number of carbonyl (C=O) groups is 2. The van der Waals surface area contributed by atoms with E-state index in [1.54, 1.807) is 6.07 Å². The summed E-state index contributed by atoms with van der Waals surface area (Å²) in [4.78, 5) is 24.2. The van der Waals surface area contributed by atoms with Crippen molar-refractivity contribution in [2.24, 2.45) is 0 Å². The summed E-state index contributed by atoms with van der Waals surface area (Å²) in [5, 5.41) is 26.4. The van der Waals surface area contributed by atoms with Gasteiger partial charge in [0.1, 0.15) is 6.07 Å². The predicted molar refractivity (Wildman–Crippen MR) is 107 cm³/mol. The van der Waals surface area contributed by atoms with Gasteiger partial charge in [-0.3, -0.25) is 9.59 Å². The Hall–Kier alpha value is -3.40. The highest BCUT2D eigenvalue weighted by atomic mass is 35.5. The van der Waals surface area contributed by atoms with Gasteiger partial charge in [-0.2, -0.15) is 5.26 Å². The van der Waals surface area contributed by atoms with Crippen LogP contribution in [0.15, 0.2) is 60.7 Å². The maximum Gasteiger partial charge on any atom is 0.313 e. The van der Waals surface area contributed by atoms with Gasteiger partial charge in [0.05, 0.1) is 17.4 Å². The van der Waals surface area contributed by atoms with Gasteiger partial charge in [-0.05, 0) is 34.5 Å². The van der Waals surface area contributed by atoms with Gasteiger partial charge in [0, 0.05) is 11.6 Å². The van der Waals surface area contributed by atoms with Crippen molar-refractivity contribution in [1.29, 1.82) is 5.26 Å². The maximum absolute atomic E-state index is 12.1. The van der Waals surface area contributed by atoms with Gasteiger partial charge in [-0.15, -0.1) is 0 Å². The third-order valence-electron chi connectivity index (χ3n) is 4.19. The van der Waals surface area contributed by atoms with E-state index in [-0.39, 0.29) is 17.8 Å². The van der Waals surface area contributed by atoms with Crippen molar-refractivity contribution in [3.63, 3.8) is 0 Å². The Labute approximate surface area is 166 Å². The third-order valence-corrected chi connectivity index (χ3v) is 4.43. The van der Waals surface area contributed by atoms with Gasteiger partial charge in [0.2, 0.25) is 0 Å². The summed E-state index contributed by atoms with van der Waals surface area (Å²) in [6, 6.07) is 19.3. The minimum absolute atomic E-state index is 0.138. The molecule has 0 fully saturated rings. The van der Waals surface area contributed by atoms with Crippen molar-refractivity contribution in [3.05, 3.63) is 76.8 Å². The highest BCUT2D eigenvalue weighted by Crippen LogP contribution is 2.24. The molecule has 0 aliphatic carbocycles. The Kier molecular flexibility index (Phi) is 5.90. The maximum atomic E-state index is 12.1. The number of hydrogen-bond donors (Lipinski definition) is 3. The molecule has 0 heterocycles. The molecule has 0 unspecified atom stereocenters. The molecule has 3 rings (SSSR count). The summed E-state index contributed by atoms with van der Waals surface area (Å²) in [5.74, 6) is -1.88. The van der Waals surface area contributed by atoms with Crippen LogP contribution in [-0.2, 0) is 9.59 Å². The molecule has 0 aromatic heterocycles. The molecule has 28 heavy (non-hydrogen) atoms. The van der Waals surface area contributed by atoms with E-state index < -0.39 is 17.9 Å². The SMILES string of the molecule is N#Cc1ccc(Cl)cc1NC(=O)C(=O)NC[C@H](O)c1cccc2ccccc12. The summed E-state index contributed by atoms with van der Waals surface area (Å²) in [7, 11) is 0. The molecule has 7 heteroatoms. The number of hydrogen-bond acceptors (Lipinski definition) is 4. The molecule has 0 bridgehead atoms. The van der Waals surface area contributed by atoms with E-state index in [0.717, 1.165) is 10.8 Å². The summed E-state index contributed by atoms with van der Waals surface area (Å²) in [5.41, 5.74) is 0.978. The second kappa shape index (κ2) is 8.53. The van der Waals surface area contributed by atoms with Crippen LogP contribution >= 0.6 is 11.6 Å². The molecular formula is C21H16ClN3O3. The second-order valence-electron chi connectivity index (χ2n) is 6.05. The number of anilines is 1. The average Bonchev–Trinajstić information content (AvgIpc) is 2.71. The van der Waals surface area contributed by atoms with E-state index in [9.17, 15) is 14.7 Å². The number of nitrogens with zero attached hydrogens (tertiary/aromatic N) is 1. The third kappa shape index (κ3) is 4.29. The van der Waals surface area contributed by atoms with Crippen LogP contribution in [0.1, 0.15) is 17.2 Å². The Morgan fingerprint density at radius 3 is 2.61 bits per heavy atom. The molecule has 0 radical (unpaired) electrons. The Morgan fingerprint density at radius 1 is 1.07 bits per heavy atom. The van der Waals surface area contributed by atoms with Crippen LogP contribution in [0.4, 0.5) is 5.69 Å². The molecule has 0 saturated carbocycles. The number of amides is 2. The largest absolute Gasteiger partial charge is 0.387 e. The highest BCUT2D eigenvalue weighted by molar-refractivity contribution is 6.40. The number of fused-ring (bicyclic) bond motifs is 1. The molecule has 0 aliphatic rings. The second-order valence-corrected chi connectivity index (χ2v) is 6.49. The van der Waals surface area contributed by atoms with E-state index >= 15 is 0 Å². The first kappa shape index (κ1) is 19.4. The molecule has 6 nitrogen and oxygen atoms in total. The molecule has 2 amide bonds. The van der Waals surface area contributed by atoms with Gasteiger partial charge in [-0.1, -0.05) is 54.1 Å². The molecule has 0 aliphatic heterocycles. The predicted octanol–water partition coefficient (Wildman–Crippen LogP) is 3.15. The van der Waals surface area contributed by atoms with Crippen LogP contribution in [-0.4, -0.2) is 23.5 Å². The van der Waals surface area contributed by atoms with Gasteiger partial charge in [0.25, 0.3) is 0 Å². The molecule has 3 aromatic rings. The lowest BCUT2D eigenvalue weighted by Gasteiger charge is -2.15. The number of nitrogens with one attached hydrogen (secondary N) is 2. The van der Waals surface area contributed by atoms with E-state index in [1.807, 2.05) is 42.5 Å². The van der Waals surface area contributed by atoms with Gasteiger partial charge in [-0.25, -0.2) is 0 Å². The monoisotopic (exact) mass is 393 g/mol. The number of carbonyl (C=O) groups excluding carboxylic acids is 2. The lowest BCUT2D eigenvalue weighted by atomic mass is 10.0. The number of halogens is 1. The lowest BCUT2D eigenvalue weighted by molar-refractivity contribution is -0.136. The van der Waals surface area contributed by atoms with Gasteiger partial charge >= 0.3 is 11.8 Å². The van der Waals surface area contributed by atoms with Crippen LogP contribution < -0.4 is 10.6 Å². The molecule has 1 atom stereocenters. The zero-order chi connectivity index (χ0) is 20.1. The average molecular weight is 394 g/mol. The summed E-state index contributed by atoms with van der Waals surface area (Å²) >= 11 is 5.86. The van der Waals surface area contributed by atoms with E-state index in [2.05, 4.69) is 10.6 Å². The van der Waals surface area contributed by atoms with Crippen LogP contribution in [0, 0.1) is 11.3 Å². The highest BCUT2D eigenvalue weighted by Gasteiger charge is 2.18. The van der Waals surface area contributed by atoms with Gasteiger partial charge in [0.15, 0.2) is 0 Å². The van der Waals surface area contributed by atoms with Crippen LogP contribution in [0.3, 0.4) is 0 Å². The standard InChI is InChI=1S/C21H16ClN3O3/c22-15-9-8-14(11-23)18(10-15)25-21(28)20(27)24-12-19(26)17-7-3-5-13-4-1-2-6-16(13)17/h1-10,19,26H,12H2,(H,24,27)(H,25,28)/t19-/m0/s1. The van der Waals surface area contributed by atoms with Crippen LogP contribution in [0.5, 0.6) is 0 Å². The van der Waals surface area contributed by atoms with Crippen molar-refractivity contribution >= 4 is 39.9 Å². The minimum Gasteiger partial charge on any atom is -0.387 e. The molecule has 3 N–H and O–H groups in total. The molecule has 0 spiro atoms. The smallest absolute Gasteiger partial charge is 0.313 e. The number of aliphatic hydroxyl groups is 1. The number of rotatable bonds is 4. The first-order valence-electron chi connectivity index (χ1n) is 8.44. The Balaban J connectivity index is 1.66. The first-order valence-corrected chi connectivity index (χ1v) is 8.82. The van der Waals surface area contributed by atoms with E-state index in [0.29, 0.717) is 10.6 Å².